The zero-order valence-electron chi connectivity index (χ0n) is 12.3. The number of nitrogens with one attached hydrogen (secondary N) is 1. The molecule has 1 heterocycles. The minimum absolute atomic E-state index is 0.0191. The van der Waals surface area contributed by atoms with E-state index in [9.17, 15) is 4.79 Å². The quantitative estimate of drug-likeness (QED) is 0.853. The van der Waals surface area contributed by atoms with E-state index in [-0.39, 0.29) is 11.9 Å². The molecule has 2 fully saturated rings. The van der Waals surface area contributed by atoms with Crippen molar-refractivity contribution in [2.75, 3.05) is 0 Å². The molecule has 2 aliphatic rings. The van der Waals surface area contributed by atoms with Crippen LogP contribution in [-0.2, 0) is 4.79 Å². The van der Waals surface area contributed by atoms with E-state index in [1.165, 1.54) is 25.7 Å². The number of hydrogen-bond donors (Lipinski definition) is 1. The van der Waals surface area contributed by atoms with Gasteiger partial charge in [-0.15, -0.1) is 0 Å². The van der Waals surface area contributed by atoms with Crippen LogP contribution in [0.25, 0.3) is 6.08 Å². The number of rotatable bonds is 4. The third kappa shape index (κ3) is 2.82. The van der Waals surface area contributed by atoms with Gasteiger partial charge < -0.3 is 9.73 Å². The summed E-state index contributed by atoms with van der Waals surface area (Å²) in [5.74, 6) is 4.01. The summed E-state index contributed by atoms with van der Waals surface area (Å²) >= 11 is 0. The Bertz CT molecular complexity index is 517. The number of aryl methyl sites for hydroxylation is 1. The van der Waals surface area contributed by atoms with E-state index >= 15 is 0 Å². The zero-order chi connectivity index (χ0) is 14.1. The van der Waals surface area contributed by atoms with Crippen LogP contribution in [-0.4, -0.2) is 11.9 Å². The van der Waals surface area contributed by atoms with Crippen molar-refractivity contribution in [3.63, 3.8) is 0 Å². The fraction of sp³-hybridized carbons (Fsp3) is 0.588. The highest BCUT2D eigenvalue weighted by Gasteiger charge is 2.41. The molecule has 1 amide bonds. The third-order valence-electron chi connectivity index (χ3n) is 4.97. The van der Waals surface area contributed by atoms with E-state index in [0.717, 1.165) is 23.4 Å². The molecule has 0 saturated heterocycles. The van der Waals surface area contributed by atoms with Gasteiger partial charge in [-0.25, -0.2) is 0 Å². The SMILES string of the molecule is Cc1ccc(/C=C/C(=O)N[C@H](C)[C@@H]2C[C@@H]3CC[C@@H]2C3)o1. The maximum atomic E-state index is 12.0. The Morgan fingerprint density at radius 1 is 1.40 bits per heavy atom. The molecule has 4 atom stereocenters. The fourth-order valence-electron chi connectivity index (χ4n) is 3.99. The van der Waals surface area contributed by atoms with Gasteiger partial charge in [0.25, 0.3) is 0 Å². The lowest BCUT2D eigenvalue weighted by Crippen LogP contribution is -2.39. The van der Waals surface area contributed by atoms with Crippen molar-refractivity contribution >= 4 is 12.0 Å². The van der Waals surface area contributed by atoms with Crippen molar-refractivity contribution in [2.24, 2.45) is 17.8 Å². The second-order valence-electron chi connectivity index (χ2n) is 6.42. The number of fused-ring (bicyclic) bond motifs is 2. The predicted molar refractivity (Wildman–Crippen MR) is 79.0 cm³/mol. The molecular weight excluding hydrogens is 250 g/mol. The lowest BCUT2D eigenvalue weighted by molar-refractivity contribution is -0.117. The highest BCUT2D eigenvalue weighted by atomic mass is 16.3. The Hall–Kier alpha value is -1.51. The Morgan fingerprint density at radius 3 is 2.85 bits per heavy atom. The summed E-state index contributed by atoms with van der Waals surface area (Å²) in [6.45, 7) is 4.04. The van der Waals surface area contributed by atoms with Gasteiger partial charge in [-0.1, -0.05) is 6.42 Å². The molecule has 1 N–H and O–H groups in total. The summed E-state index contributed by atoms with van der Waals surface area (Å²) < 4.78 is 5.41. The molecule has 20 heavy (non-hydrogen) atoms. The van der Waals surface area contributed by atoms with Crippen molar-refractivity contribution in [1.29, 1.82) is 0 Å². The molecule has 3 nitrogen and oxygen atoms in total. The van der Waals surface area contributed by atoms with E-state index in [0.29, 0.717) is 5.92 Å². The minimum Gasteiger partial charge on any atom is -0.462 e. The van der Waals surface area contributed by atoms with Crippen molar-refractivity contribution in [3.05, 3.63) is 29.7 Å². The number of furan rings is 1. The maximum absolute atomic E-state index is 12.0. The summed E-state index contributed by atoms with van der Waals surface area (Å²) in [5.41, 5.74) is 0. The van der Waals surface area contributed by atoms with Crippen LogP contribution >= 0.6 is 0 Å². The average Bonchev–Trinajstić information content (AvgIpc) is 3.12. The average molecular weight is 273 g/mol. The van der Waals surface area contributed by atoms with Gasteiger partial charge in [-0.05, 0) is 69.1 Å². The normalized spacial score (nSPS) is 30.0. The summed E-state index contributed by atoms with van der Waals surface area (Å²) in [6.07, 6.45) is 8.74. The molecule has 108 valence electrons. The van der Waals surface area contributed by atoms with Crippen LogP contribution in [0.1, 0.15) is 44.1 Å². The maximum Gasteiger partial charge on any atom is 0.244 e. The van der Waals surface area contributed by atoms with Gasteiger partial charge in [-0.3, -0.25) is 4.79 Å². The van der Waals surface area contributed by atoms with Crippen molar-refractivity contribution in [2.45, 2.75) is 45.6 Å². The van der Waals surface area contributed by atoms with Gasteiger partial charge in [0, 0.05) is 12.1 Å². The number of hydrogen-bond acceptors (Lipinski definition) is 2. The van der Waals surface area contributed by atoms with Crippen LogP contribution in [0.3, 0.4) is 0 Å². The summed E-state index contributed by atoms with van der Waals surface area (Å²) in [7, 11) is 0. The molecule has 0 radical (unpaired) electrons. The van der Waals surface area contributed by atoms with Crippen LogP contribution < -0.4 is 5.32 Å². The highest BCUT2D eigenvalue weighted by Crippen LogP contribution is 2.49. The minimum atomic E-state index is -0.0191. The molecular formula is C17H23NO2. The Kier molecular flexibility index (Phi) is 3.68. The smallest absolute Gasteiger partial charge is 0.244 e. The summed E-state index contributed by atoms with van der Waals surface area (Å²) in [5, 5.41) is 3.12. The predicted octanol–water partition coefficient (Wildman–Crippen LogP) is 3.54. The standard InChI is InChI=1S/C17H23NO2/c1-11-3-6-15(20-11)7-8-17(19)18-12(2)16-10-13-4-5-14(16)9-13/h3,6-8,12-14,16H,4-5,9-10H2,1-2H3,(H,18,19)/b8-7+/t12-,13-,14-,16+/m1/s1. The number of amides is 1. The molecule has 2 bridgehead atoms. The topological polar surface area (TPSA) is 42.2 Å². The van der Waals surface area contributed by atoms with Crippen LogP contribution in [0.2, 0.25) is 0 Å². The molecule has 3 heteroatoms. The van der Waals surface area contributed by atoms with E-state index in [1.807, 2.05) is 19.1 Å². The zero-order valence-corrected chi connectivity index (χ0v) is 12.3. The molecule has 2 aliphatic carbocycles. The van der Waals surface area contributed by atoms with Gasteiger partial charge in [-0.2, -0.15) is 0 Å². The van der Waals surface area contributed by atoms with Crippen molar-refractivity contribution < 1.29 is 9.21 Å². The van der Waals surface area contributed by atoms with Gasteiger partial charge in [0.1, 0.15) is 11.5 Å². The van der Waals surface area contributed by atoms with Gasteiger partial charge >= 0.3 is 0 Å². The monoisotopic (exact) mass is 273 g/mol. The Morgan fingerprint density at radius 2 is 2.25 bits per heavy atom. The Balaban J connectivity index is 1.52. The third-order valence-corrected chi connectivity index (χ3v) is 4.97. The number of carbonyl (C=O) groups excluding carboxylic acids is 1. The van der Waals surface area contributed by atoms with Crippen LogP contribution in [0, 0.1) is 24.7 Å². The highest BCUT2D eigenvalue weighted by molar-refractivity contribution is 5.91. The second-order valence-corrected chi connectivity index (χ2v) is 6.42. The lowest BCUT2D eigenvalue weighted by atomic mass is 9.84. The molecule has 3 rings (SSSR count). The molecule has 0 unspecified atom stereocenters. The molecule has 2 saturated carbocycles. The largest absolute Gasteiger partial charge is 0.462 e. The molecule has 0 aliphatic heterocycles. The first-order chi connectivity index (χ1) is 9.61. The molecule has 0 spiro atoms. The van der Waals surface area contributed by atoms with Crippen LogP contribution in [0.5, 0.6) is 0 Å². The van der Waals surface area contributed by atoms with E-state index < -0.39 is 0 Å². The van der Waals surface area contributed by atoms with E-state index in [2.05, 4.69) is 12.2 Å². The molecule has 1 aromatic rings. The van der Waals surface area contributed by atoms with Gasteiger partial charge in [0.2, 0.25) is 5.91 Å². The van der Waals surface area contributed by atoms with Crippen molar-refractivity contribution in [1.82, 2.24) is 5.32 Å². The van der Waals surface area contributed by atoms with E-state index in [1.54, 1.807) is 12.2 Å². The summed E-state index contributed by atoms with van der Waals surface area (Å²) in [4.78, 5) is 12.0. The first-order valence-corrected chi connectivity index (χ1v) is 7.67. The fourth-order valence-corrected chi connectivity index (χ4v) is 3.99. The second kappa shape index (κ2) is 5.47. The lowest BCUT2D eigenvalue weighted by Gasteiger charge is -2.28. The van der Waals surface area contributed by atoms with Crippen LogP contribution in [0.15, 0.2) is 22.6 Å². The Labute approximate surface area is 120 Å². The van der Waals surface area contributed by atoms with Gasteiger partial charge in [0.15, 0.2) is 0 Å². The van der Waals surface area contributed by atoms with Gasteiger partial charge in [0.05, 0.1) is 0 Å². The van der Waals surface area contributed by atoms with Crippen molar-refractivity contribution in [3.8, 4) is 0 Å². The molecule has 1 aromatic heterocycles. The number of carbonyl (C=O) groups is 1. The van der Waals surface area contributed by atoms with Crippen LogP contribution in [0.4, 0.5) is 0 Å². The first kappa shape index (κ1) is 13.5. The molecule has 0 aromatic carbocycles. The summed E-state index contributed by atoms with van der Waals surface area (Å²) in [6, 6.07) is 4.05. The first-order valence-electron chi connectivity index (χ1n) is 7.67. The van der Waals surface area contributed by atoms with E-state index in [4.69, 9.17) is 4.42 Å².